The van der Waals surface area contributed by atoms with Gasteiger partial charge in [-0.2, -0.15) is 11.8 Å². The van der Waals surface area contributed by atoms with Crippen molar-refractivity contribution in [3.05, 3.63) is 0 Å². The third-order valence-electron chi connectivity index (χ3n) is 3.43. The lowest BCUT2D eigenvalue weighted by molar-refractivity contribution is 0.0893. The topological polar surface area (TPSA) is 60.1 Å². The zero-order valence-corrected chi connectivity index (χ0v) is 15.1. The third kappa shape index (κ3) is 6.82. The highest BCUT2D eigenvalue weighted by molar-refractivity contribution is 14.0. The quantitative estimate of drug-likeness (QED) is 0.308. The molecule has 0 saturated carbocycles. The summed E-state index contributed by atoms with van der Waals surface area (Å²) in [4.78, 5) is 6.60. The number of halogens is 1. The lowest BCUT2D eigenvalue weighted by atomic mass is 10.1. The molecule has 0 aliphatic carbocycles. The van der Waals surface area contributed by atoms with Crippen LogP contribution < -0.4 is 5.73 Å². The van der Waals surface area contributed by atoms with E-state index in [1.165, 1.54) is 0 Å². The second-order valence-electron chi connectivity index (χ2n) is 5.00. The summed E-state index contributed by atoms with van der Waals surface area (Å²) in [7, 11) is 0. The van der Waals surface area contributed by atoms with Crippen molar-refractivity contribution < 1.29 is 9.47 Å². The van der Waals surface area contributed by atoms with E-state index in [0.29, 0.717) is 11.9 Å². The molecule has 2 aliphatic rings. The van der Waals surface area contributed by atoms with Gasteiger partial charge in [-0.3, -0.25) is 4.99 Å². The zero-order valence-electron chi connectivity index (χ0n) is 12.0. The van der Waals surface area contributed by atoms with E-state index in [2.05, 4.69) is 9.89 Å². The van der Waals surface area contributed by atoms with E-state index in [-0.39, 0.29) is 24.0 Å². The van der Waals surface area contributed by atoms with Gasteiger partial charge in [-0.1, -0.05) is 0 Å². The van der Waals surface area contributed by atoms with Gasteiger partial charge in [-0.05, 0) is 12.8 Å². The van der Waals surface area contributed by atoms with Crippen LogP contribution in [0.4, 0.5) is 0 Å². The van der Waals surface area contributed by atoms with Crippen LogP contribution in [0.15, 0.2) is 4.99 Å². The van der Waals surface area contributed by atoms with Gasteiger partial charge in [0.25, 0.3) is 0 Å². The molecule has 118 valence electrons. The van der Waals surface area contributed by atoms with Gasteiger partial charge in [0.05, 0.1) is 13.2 Å². The van der Waals surface area contributed by atoms with Crippen molar-refractivity contribution in [2.45, 2.75) is 12.8 Å². The molecule has 2 fully saturated rings. The minimum absolute atomic E-state index is 0. The summed E-state index contributed by atoms with van der Waals surface area (Å²) >= 11 is 1.98. The molecule has 2 rings (SSSR count). The molecule has 2 heterocycles. The molecule has 0 spiro atoms. The number of thioether (sulfide) groups is 1. The molecule has 2 aliphatic heterocycles. The van der Waals surface area contributed by atoms with Gasteiger partial charge >= 0.3 is 0 Å². The van der Waals surface area contributed by atoms with Crippen LogP contribution in [0.3, 0.4) is 0 Å². The number of nitrogens with zero attached hydrogens (tertiary/aromatic N) is 2. The number of aliphatic imine (C=N–C) groups is 1. The Morgan fingerprint density at radius 1 is 1.40 bits per heavy atom. The Kier molecular flexibility index (Phi) is 10.0. The highest BCUT2D eigenvalue weighted by atomic mass is 127. The van der Waals surface area contributed by atoms with Gasteiger partial charge in [-0.15, -0.1) is 24.0 Å². The molecule has 1 unspecified atom stereocenters. The van der Waals surface area contributed by atoms with E-state index < -0.39 is 0 Å². The lowest BCUT2D eigenvalue weighted by Gasteiger charge is -2.27. The van der Waals surface area contributed by atoms with Gasteiger partial charge < -0.3 is 20.1 Å². The van der Waals surface area contributed by atoms with E-state index in [4.69, 9.17) is 15.2 Å². The molecule has 2 saturated heterocycles. The summed E-state index contributed by atoms with van der Waals surface area (Å²) in [5.41, 5.74) is 5.97. The summed E-state index contributed by atoms with van der Waals surface area (Å²) in [6.45, 7) is 6.15. The molecule has 1 atom stereocenters. The normalized spacial score (nSPS) is 23.7. The Bertz CT molecular complexity index is 283. The van der Waals surface area contributed by atoms with Crippen LogP contribution in [-0.4, -0.2) is 68.4 Å². The number of guanidine groups is 1. The molecular formula is C13H26IN3O2S. The van der Waals surface area contributed by atoms with E-state index in [1.807, 2.05) is 11.8 Å². The molecule has 7 heteroatoms. The second-order valence-corrected chi connectivity index (χ2v) is 6.22. The number of ether oxygens (including phenoxy) is 2. The molecule has 0 radical (unpaired) electrons. The molecule has 0 amide bonds. The highest BCUT2D eigenvalue weighted by Crippen LogP contribution is 2.12. The monoisotopic (exact) mass is 415 g/mol. The first-order valence-electron chi connectivity index (χ1n) is 7.14. The first kappa shape index (κ1) is 18.3. The van der Waals surface area contributed by atoms with Crippen molar-refractivity contribution in [2.75, 3.05) is 57.6 Å². The lowest BCUT2D eigenvalue weighted by Crippen LogP contribution is -2.42. The van der Waals surface area contributed by atoms with Crippen molar-refractivity contribution >= 4 is 41.7 Å². The Morgan fingerprint density at radius 2 is 2.20 bits per heavy atom. The Labute approximate surface area is 143 Å². The van der Waals surface area contributed by atoms with Crippen molar-refractivity contribution in [1.82, 2.24) is 4.90 Å². The molecule has 0 aromatic rings. The summed E-state index contributed by atoms with van der Waals surface area (Å²) in [6.07, 6.45) is 2.08. The fraction of sp³-hybridized carbons (Fsp3) is 0.923. The number of hydrogen-bond donors (Lipinski definition) is 1. The van der Waals surface area contributed by atoms with Gasteiger partial charge in [-0.25, -0.2) is 0 Å². The molecule has 5 nitrogen and oxygen atoms in total. The van der Waals surface area contributed by atoms with Gasteiger partial charge in [0.2, 0.25) is 0 Å². The number of rotatable bonds is 6. The summed E-state index contributed by atoms with van der Waals surface area (Å²) in [5, 5.41) is 0. The van der Waals surface area contributed by atoms with Crippen LogP contribution in [0.1, 0.15) is 12.8 Å². The molecule has 0 bridgehead atoms. The maximum absolute atomic E-state index is 5.97. The van der Waals surface area contributed by atoms with Crippen LogP contribution in [0.25, 0.3) is 0 Å². The van der Waals surface area contributed by atoms with Crippen LogP contribution in [-0.2, 0) is 9.47 Å². The summed E-state index contributed by atoms with van der Waals surface area (Å²) in [5.74, 6) is 3.61. The molecular weight excluding hydrogens is 389 g/mol. The Balaban J connectivity index is 0.00000200. The summed E-state index contributed by atoms with van der Waals surface area (Å²) < 4.78 is 10.9. The van der Waals surface area contributed by atoms with Crippen LogP contribution in [0.2, 0.25) is 0 Å². The smallest absolute Gasteiger partial charge is 0.191 e. The van der Waals surface area contributed by atoms with Crippen LogP contribution >= 0.6 is 35.7 Å². The zero-order chi connectivity index (χ0) is 13.3. The number of hydrogen-bond acceptors (Lipinski definition) is 4. The maximum atomic E-state index is 5.97. The standard InChI is InChI=1S/C13H25N3O2S.HI/c14-13(16-4-8-19-9-5-16)15-3-1-6-17-10-12-2-7-18-11-12;/h12H,1-11H2,(H2,14,15);1H. The van der Waals surface area contributed by atoms with E-state index in [1.54, 1.807) is 0 Å². The van der Waals surface area contributed by atoms with Crippen molar-refractivity contribution in [3.63, 3.8) is 0 Å². The average molecular weight is 415 g/mol. The SMILES string of the molecule is I.NC(=NCCCOCC1CCOC1)N1CCSCC1. The van der Waals surface area contributed by atoms with Crippen molar-refractivity contribution in [1.29, 1.82) is 0 Å². The number of nitrogens with two attached hydrogens (primary N) is 1. The van der Waals surface area contributed by atoms with E-state index >= 15 is 0 Å². The van der Waals surface area contributed by atoms with Gasteiger partial charge in [0, 0.05) is 50.3 Å². The molecule has 2 N–H and O–H groups in total. The first-order chi connectivity index (χ1) is 9.36. The Hall–Kier alpha value is 0.270. The predicted molar refractivity (Wildman–Crippen MR) is 95.2 cm³/mol. The fourth-order valence-corrected chi connectivity index (χ4v) is 3.12. The summed E-state index contributed by atoms with van der Waals surface area (Å²) in [6, 6.07) is 0. The molecule has 20 heavy (non-hydrogen) atoms. The maximum Gasteiger partial charge on any atom is 0.191 e. The van der Waals surface area contributed by atoms with Crippen molar-refractivity contribution in [2.24, 2.45) is 16.6 Å². The second kappa shape index (κ2) is 10.9. The van der Waals surface area contributed by atoms with E-state index in [9.17, 15) is 0 Å². The average Bonchev–Trinajstić information content (AvgIpc) is 2.96. The van der Waals surface area contributed by atoms with E-state index in [0.717, 1.165) is 70.4 Å². The first-order valence-corrected chi connectivity index (χ1v) is 8.30. The van der Waals surface area contributed by atoms with Crippen LogP contribution in [0.5, 0.6) is 0 Å². The molecule has 0 aromatic heterocycles. The van der Waals surface area contributed by atoms with Gasteiger partial charge in [0.1, 0.15) is 0 Å². The highest BCUT2D eigenvalue weighted by Gasteiger charge is 2.15. The third-order valence-corrected chi connectivity index (χ3v) is 4.38. The fourth-order valence-electron chi connectivity index (χ4n) is 2.22. The predicted octanol–water partition coefficient (Wildman–Crippen LogP) is 1.41. The van der Waals surface area contributed by atoms with Crippen LogP contribution in [0, 0.1) is 5.92 Å². The minimum Gasteiger partial charge on any atom is -0.381 e. The molecule has 0 aromatic carbocycles. The van der Waals surface area contributed by atoms with Crippen molar-refractivity contribution in [3.8, 4) is 0 Å². The van der Waals surface area contributed by atoms with Gasteiger partial charge in [0.15, 0.2) is 5.96 Å². The Morgan fingerprint density at radius 3 is 2.90 bits per heavy atom. The minimum atomic E-state index is 0. The largest absolute Gasteiger partial charge is 0.381 e.